The van der Waals surface area contributed by atoms with Crippen LogP contribution in [0.3, 0.4) is 0 Å². The second-order valence-corrected chi connectivity index (χ2v) is 5.86. The van der Waals surface area contributed by atoms with Gasteiger partial charge in [-0.05, 0) is 39.5 Å². The van der Waals surface area contributed by atoms with E-state index in [1.165, 1.54) is 0 Å². The van der Waals surface area contributed by atoms with Crippen LogP contribution >= 0.6 is 0 Å². The van der Waals surface area contributed by atoms with Crippen LogP contribution in [0, 0.1) is 11.8 Å². The van der Waals surface area contributed by atoms with Crippen LogP contribution < -0.4 is 5.32 Å². The van der Waals surface area contributed by atoms with Crippen LogP contribution in [-0.2, 0) is 14.4 Å². The van der Waals surface area contributed by atoms with Gasteiger partial charge in [0.2, 0.25) is 11.8 Å². The summed E-state index contributed by atoms with van der Waals surface area (Å²) in [5.41, 5.74) is 0. The van der Waals surface area contributed by atoms with E-state index in [4.69, 9.17) is 5.11 Å². The summed E-state index contributed by atoms with van der Waals surface area (Å²) >= 11 is 0. The van der Waals surface area contributed by atoms with E-state index in [0.717, 1.165) is 12.8 Å². The second kappa shape index (κ2) is 9.43. The third kappa shape index (κ3) is 5.66. The molecular weight excluding hydrogens is 284 g/mol. The average molecular weight is 312 g/mol. The van der Waals surface area contributed by atoms with Crippen molar-refractivity contribution in [2.24, 2.45) is 11.8 Å². The minimum atomic E-state index is -0.803. The molecule has 2 atom stereocenters. The van der Waals surface area contributed by atoms with Crippen LogP contribution in [-0.4, -0.2) is 47.4 Å². The summed E-state index contributed by atoms with van der Waals surface area (Å²) < 4.78 is 0. The second-order valence-electron chi connectivity index (χ2n) is 5.86. The smallest absolute Gasteiger partial charge is 0.306 e. The summed E-state index contributed by atoms with van der Waals surface area (Å²) in [4.78, 5) is 36.7. The molecule has 2 amide bonds. The van der Waals surface area contributed by atoms with E-state index in [1.807, 2.05) is 13.8 Å². The van der Waals surface area contributed by atoms with Crippen LogP contribution in [0.1, 0.15) is 52.4 Å². The molecule has 6 heteroatoms. The molecule has 1 aliphatic carbocycles. The number of amides is 2. The van der Waals surface area contributed by atoms with E-state index >= 15 is 0 Å². The first-order valence-electron chi connectivity index (χ1n) is 8.27. The molecular formula is C16H28N2O4. The van der Waals surface area contributed by atoms with Gasteiger partial charge in [0, 0.05) is 32.0 Å². The predicted molar refractivity (Wildman–Crippen MR) is 83.3 cm³/mol. The molecule has 0 aliphatic heterocycles. The van der Waals surface area contributed by atoms with Gasteiger partial charge in [0.25, 0.3) is 0 Å². The lowest BCUT2D eigenvalue weighted by Gasteiger charge is -2.25. The first-order valence-corrected chi connectivity index (χ1v) is 8.27. The number of carboxylic acids is 1. The first-order chi connectivity index (χ1) is 10.5. The summed E-state index contributed by atoms with van der Waals surface area (Å²) in [6.07, 6.45) is 3.70. The Hall–Kier alpha value is -1.59. The summed E-state index contributed by atoms with van der Waals surface area (Å²) in [5, 5.41) is 11.9. The van der Waals surface area contributed by atoms with E-state index in [9.17, 15) is 14.4 Å². The molecule has 0 bridgehead atoms. The quantitative estimate of drug-likeness (QED) is 0.667. The molecule has 0 aromatic carbocycles. The Morgan fingerprint density at radius 2 is 1.77 bits per heavy atom. The average Bonchev–Trinajstić information content (AvgIpc) is 2.52. The van der Waals surface area contributed by atoms with Crippen molar-refractivity contribution in [3.63, 3.8) is 0 Å². The van der Waals surface area contributed by atoms with Crippen molar-refractivity contribution < 1.29 is 19.5 Å². The molecule has 0 saturated heterocycles. The highest BCUT2D eigenvalue weighted by Crippen LogP contribution is 2.29. The number of hydrogen-bond donors (Lipinski definition) is 2. The monoisotopic (exact) mass is 312 g/mol. The number of rotatable bonds is 8. The summed E-state index contributed by atoms with van der Waals surface area (Å²) in [6, 6.07) is 0. The minimum Gasteiger partial charge on any atom is -0.481 e. The first kappa shape index (κ1) is 18.5. The number of carbonyl (C=O) groups is 3. The van der Waals surface area contributed by atoms with Crippen molar-refractivity contribution in [1.29, 1.82) is 0 Å². The molecule has 0 spiro atoms. The molecule has 22 heavy (non-hydrogen) atoms. The zero-order valence-corrected chi connectivity index (χ0v) is 13.6. The standard InChI is InChI=1S/C16H28N2O4/c1-3-18(4-2)14(19)9-6-10-17-15(20)12-7-5-8-13(11-12)16(21)22/h12-13H,3-11H2,1-2H3,(H,17,20)(H,21,22). The maximum absolute atomic E-state index is 12.1. The van der Waals surface area contributed by atoms with Gasteiger partial charge in [-0.1, -0.05) is 6.42 Å². The van der Waals surface area contributed by atoms with Gasteiger partial charge in [-0.15, -0.1) is 0 Å². The molecule has 0 heterocycles. The summed E-state index contributed by atoms with van der Waals surface area (Å²) in [6.45, 7) is 5.79. The Balaban J connectivity index is 2.26. The number of aliphatic carboxylic acids is 1. The van der Waals surface area contributed by atoms with Crippen LogP contribution in [0.25, 0.3) is 0 Å². The number of nitrogens with one attached hydrogen (secondary N) is 1. The molecule has 1 fully saturated rings. The molecule has 2 N–H and O–H groups in total. The fourth-order valence-corrected chi connectivity index (χ4v) is 2.98. The molecule has 0 aromatic rings. The van der Waals surface area contributed by atoms with Crippen molar-refractivity contribution in [3.8, 4) is 0 Å². The Kier molecular flexibility index (Phi) is 7.91. The van der Waals surface area contributed by atoms with E-state index in [0.29, 0.717) is 45.3 Å². The van der Waals surface area contributed by atoms with Crippen molar-refractivity contribution in [2.45, 2.75) is 52.4 Å². The van der Waals surface area contributed by atoms with Gasteiger partial charge < -0.3 is 15.3 Å². The maximum atomic E-state index is 12.1. The third-order valence-corrected chi connectivity index (χ3v) is 4.38. The zero-order valence-electron chi connectivity index (χ0n) is 13.6. The van der Waals surface area contributed by atoms with Gasteiger partial charge in [-0.2, -0.15) is 0 Å². The fraction of sp³-hybridized carbons (Fsp3) is 0.812. The topological polar surface area (TPSA) is 86.7 Å². The van der Waals surface area contributed by atoms with Crippen molar-refractivity contribution >= 4 is 17.8 Å². The van der Waals surface area contributed by atoms with E-state index in [-0.39, 0.29) is 17.7 Å². The Morgan fingerprint density at radius 3 is 2.36 bits per heavy atom. The van der Waals surface area contributed by atoms with E-state index in [1.54, 1.807) is 4.90 Å². The maximum Gasteiger partial charge on any atom is 0.306 e. The molecule has 6 nitrogen and oxygen atoms in total. The number of carbonyl (C=O) groups excluding carboxylic acids is 2. The molecule has 0 aromatic heterocycles. The lowest BCUT2D eigenvalue weighted by Crippen LogP contribution is -2.36. The minimum absolute atomic E-state index is 0.0683. The highest BCUT2D eigenvalue weighted by Gasteiger charge is 2.30. The number of hydrogen-bond acceptors (Lipinski definition) is 3. The lowest BCUT2D eigenvalue weighted by molar-refractivity contribution is -0.144. The van der Waals surface area contributed by atoms with Crippen molar-refractivity contribution in [1.82, 2.24) is 10.2 Å². The van der Waals surface area contributed by atoms with Gasteiger partial charge in [0.15, 0.2) is 0 Å². The molecule has 1 aliphatic rings. The largest absolute Gasteiger partial charge is 0.481 e. The zero-order chi connectivity index (χ0) is 16.5. The predicted octanol–water partition coefficient (Wildman–Crippen LogP) is 1.64. The van der Waals surface area contributed by atoms with Crippen LogP contribution in [0.4, 0.5) is 0 Å². The van der Waals surface area contributed by atoms with E-state index in [2.05, 4.69) is 5.32 Å². The molecule has 0 radical (unpaired) electrons. The van der Waals surface area contributed by atoms with Gasteiger partial charge in [-0.3, -0.25) is 14.4 Å². The Bertz CT molecular complexity index is 394. The number of nitrogens with zero attached hydrogens (tertiary/aromatic N) is 1. The van der Waals surface area contributed by atoms with Crippen LogP contribution in [0.15, 0.2) is 0 Å². The van der Waals surface area contributed by atoms with Crippen LogP contribution in [0.2, 0.25) is 0 Å². The fourth-order valence-electron chi connectivity index (χ4n) is 2.98. The molecule has 1 saturated carbocycles. The van der Waals surface area contributed by atoms with Crippen molar-refractivity contribution in [3.05, 3.63) is 0 Å². The number of carboxylic acid groups (broad SMARTS) is 1. The van der Waals surface area contributed by atoms with Crippen LogP contribution in [0.5, 0.6) is 0 Å². The normalized spacial score (nSPS) is 21.2. The molecule has 2 unspecified atom stereocenters. The lowest BCUT2D eigenvalue weighted by atomic mass is 9.81. The highest BCUT2D eigenvalue weighted by atomic mass is 16.4. The Labute approximate surface area is 132 Å². The SMILES string of the molecule is CCN(CC)C(=O)CCCNC(=O)C1CCCC(C(=O)O)C1. The molecule has 126 valence electrons. The van der Waals surface area contributed by atoms with E-state index < -0.39 is 11.9 Å². The summed E-state index contributed by atoms with van der Waals surface area (Å²) in [5.74, 6) is -1.35. The van der Waals surface area contributed by atoms with Crippen molar-refractivity contribution in [2.75, 3.05) is 19.6 Å². The van der Waals surface area contributed by atoms with Gasteiger partial charge in [0.05, 0.1) is 5.92 Å². The van der Waals surface area contributed by atoms with Gasteiger partial charge in [-0.25, -0.2) is 0 Å². The van der Waals surface area contributed by atoms with Gasteiger partial charge >= 0.3 is 5.97 Å². The molecule has 1 rings (SSSR count). The summed E-state index contributed by atoms with van der Waals surface area (Å²) in [7, 11) is 0. The van der Waals surface area contributed by atoms with Gasteiger partial charge in [0.1, 0.15) is 0 Å². The third-order valence-electron chi connectivity index (χ3n) is 4.38. The highest BCUT2D eigenvalue weighted by molar-refractivity contribution is 5.80. The Morgan fingerprint density at radius 1 is 1.14 bits per heavy atom.